The van der Waals surface area contributed by atoms with E-state index in [1.165, 1.54) is 0 Å². The molecule has 0 saturated carbocycles. The molecule has 2 aromatic carbocycles. The molecule has 0 atom stereocenters. The van der Waals surface area contributed by atoms with Crippen LogP contribution < -0.4 is 15.0 Å². The molecule has 31 heavy (non-hydrogen) atoms. The number of rotatable bonds is 4. The molecule has 0 unspecified atom stereocenters. The first-order chi connectivity index (χ1) is 15.1. The van der Waals surface area contributed by atoms with E-state index in [0.717, 1.165) is 72.0 Å². The molecule has 2 aliphatic heterocycles. The Bertz CT molecular complexity index is 1140. The average molecular weight is 437 g/mol. The molecule has 1 saturated heterocycles. The van der Waals surface area contributed by atoms with Gasteiger partial charge in [-0.2, -0.15) is 0 Å². The van der Waals surface area contributed by atoms with Gasteiger partial charge >= 0.3 is 0 Å². The molecule has 3 heterocycles. The number of anilines is 2. The van der Waals surface area contributed by atoms with Gasteiger partial charge < -0.3 is 15.0 Å². The molecule has 0 aliphatic carbocycles. The van der Waals surface area contributed by atoms with Gasteiger partial charge in [0.05, 0.1) is 22.8 Å². The van der Waals surface area contributed by atoms with Crippen molar-refractivity contribution in [3.8, 4) is 5.75 Å². The molecule has 0 radical (unpaired) electrons. The van der Waals surface area contributed by atoms with E-state index in [1.54, 1.807) is 0 Å². The Kier molecular flexibility index (Phi) is 5.42. The first-order valence-electron chi connectivity index (χ1n) is 10.7. The third-order valence-corrected chi connectivity index (χ3v) is 6.29. The number of hydrogen-bond donors (Lipinski definition) is 1. The number of hydrogen-bond acceptors (Lipinski definition) is 6. The molecule has 3 aromatic rings. The minimum atomic E-state index is 0.139. The lowest BCUT2D eigenvalue weighted by molar-refractivity contribution is 0.0926. The molecule has 1 N–H and O–H groups in total. The number of ketones is 1. The molecule has 1 fully saturated rings. The summed E-state index contributed by atoms with van der Waals surface area (Å²) in [6.45, 7) is 7.21. The normalized spacial score (nSPS) is 16.5. The van der Waals surface area contributed by atoms with Gasteiger partial charge in [0.15, 0.2) is 5.78 Å². The topological polar surface area (TPSA) is 57.7 Å². The largest absolute Gasteiger partial charge is 0.490 e. The van der Waals surface area contributed by atoms with Gasteiger partial charge in [-0.3, -0.25) is 14.7 Å². The molecule has 2 aliphatic rings. The van der Waals surface area contributed by atoms with Gasteiger partial charge in [-0.05, 0) is 49.4 Å². The van der Waals surface area contributed by atoms with Crippen LogP contribution >= 0.6 is 11.6 Å². The van der Waals surface area contributed by atoms with Crippen LogP contribution in [0.1, 0.15) is 16.1 Å². The summed E-state index contributed by atoms with van der Waals surface area (Å²) >= 11 is 6.38. The van der Waals surface area contributed by atoms with Crippen molar-refractivity contribution in [2.75, 3.05) is 56.1 Å². The fourth-order valence-electron chi connectivity index (χ4n) is 4.30. The van der Waals surface area contributed by atoms with Crippen LogP contribution in [-0.4, -0.2) is 61.5 Å². The minimum absolute atomic E-state index is 0.139. The summed E-state index contributed by atoms with van der Waals surface area (Å²) in [5.74, 6) is 0.955. The molecule has 1 aromatic heterocycles. The first kappa shape index (κ1) is 20.1. The van der Waals surface area contributed by atoms with Crippen molar-refractivity contribution in [1.29, 1.82) is 0 Å². The third-order valence-electron chi connectivity index (χ3n) is 5.98. The van der Waals surface area contributed by atoms with Crippen LogP contribution in [0, 0.1) is 6.92 Å². The van der Waals surface area contributed by atoms with Crippen LogP contribution in [0.2, 0.25) is 5.02 Å². The third kappa shape index (κ3) is 4.05. The number of ether oxygens (including phenoxy) is 1. The lowest BCUT2D eigenvalue weighted by atomic mass is 10.1. The fraction of sp³-hybridized carbons (Fsp3) is 0.333. The lowest BCUT2D eigenvalue weighted by Crippen LogP contribution is -2.48. The Morgan fingerprint density at radius 1 is 1.13 bits per heavy atom. The van der Waals surface area contributed by atoms with E-state index in [4.69, 9.17) is 16.3 Å². The zero-order valence-corrected chi connectivity index (χ0v) is 18.3. The lowest BCUT2D eigenvalue weighted by Gasteiger charge is -2.36. The van der Waals surface area contributed by atoms with Gasteiger partial charge in [-0.15, -0.1) is 0 Å². The number of benzene rings is 2. The highest BCUT2D eigenvalue weighted by Gasteiger charge is 2.22. The smallest absolute Gasteiger partial charge is 0.176 e. The van der Waals surface area contributed by atoms with Gasteiger partial charge in [-0.1, -0.05) is 11.6 Å². The quantitative estimate of drug-likeness (QED) is 0.624. The number of carbonyl (C=O) groups is 1. The average Bonchev–Trinajstić information content (AvgIpc) is 2.80. The Hall–Kier alpha value is -2.83. The minimum Gasteiger partial charge on any atom is -0.490 e. The monoisotopic (exact) mass is 436 g/mol. The van der Waals surface area contributed by atoms with Crippen LogP contribution in [0.5, 0.6) is 5.75 Å². The van der Waals surface area contributed by atoms with Crippen molar-refractivity contribution in [2.45, 2.75) is 6.92 Å². The van der Waals surface area contributed by atoms with E-state index in [9.17, 15) is 4.79 Å². The van der Waals surface area contributed by atoms with E-state index in [1.807, 2.05) is 37.3 Å². The van der Waals surface area contributed by atoms with Crippen LogP contribution in [-0.2, 0) is 0 Å². The van der Waals surface area contributed by atoms with Crippen LogP contribution in [0.25, 0.3) is 10.9 Å². The zero-order valence-electron chi connectivity index (χ0n) is 17.5. The molecule has 0 spiro atoms. The van der Waals surface area contributed by atoms with Crippen molar-refractivity contribution >= 4 is 39.7 Å². The summed E-state index contributed by atoms with van der Waals surface area (Å²) in [5.41, 5.74) is 4.59. The molecule has 6 nitrogen and oxygen atoms in total. The van der Waals surface area contributed by atoms with E-state index in [0.29, 0.717) is 18.2 Å². The predicted molar refractivity (Wildman–Crippen MR) is 125 cm³/mol. The molecule has 0 amide bonds. The van der Waals surface area contributed by atoms with Crippen molar-refractivity contribution in [2.24, 2.45) is 0 Å². The number of Topliss-reactive ketones (excluding diaryl/α,β-unsaturated/α-hetero) is 1. The number of nitrogens with zero attached hydrogens (tertiary/aromatic N) is 3. The summed E-state index contributed by atoms with van der Waals surface area (Å²) in [7, 11) is 0. The van der Waals surface area contributed by atoms with Gasteiger partial charge in [0.2, 0.25) is 0 Å². The van der Waals surface area contributed by atoms with Crippen molar-refractivity contribution < 1.29 is 9.53 Å². The number of pyridine rings is 1. The number of halogens is 1. The highest BCUT2D eigenvalue weighted by atomic mass is 35.5. The first-order valence-corrected chi connectivity index (χ1v) is 11.0. The van der Waals surface area contributed by atoms with Gasteiger partial charge in [0.1, 0.15) is 12.4 Å². The second-order valence-electron chi connectivity index (χ2n) is 8.09. The molecule has 5 rings (SSSR count). The number of aryl methyl sites for hydroxylation is 1. The van der Waals surface area contributed by atoms with Crippen molar-refractivity contribution in [3.05, 3.63) is 58.7 Å². The van der Waals surface area contributed by atoms with Gasteiger partial charge in [0, 0.05) is 55.1 Å². The van der Waals surface area contributed by atoms with Crippen LogP contribution in [0.4, 0.5) is 11.4 Å². The Balaban J connectivity index is 1.25. The van der Waals surface area contributed by atoms with E-state index in [2.05, 4.69) is 32.2 Å². The fourth-order valence-corrected chi connectivity index (χ4v) is 4.50. The van der Waals surface area contributed by atoms with E-state index in [-0.39, 0.29) is 5.78 Å². The number of piperazine rings is 1. The summed E-state index contributed by atoms with van der Waals surface area (Å²) in [4.78, 5) is 22.1. The number of fused-ring (bicyclic) bond motifs is 2. The van der Waals surface area contributed by atoms with E-state index < -0.39 is 0 Å². The standard InChI is InChI=1S/C24H25ClN4O2/c1-16-2-4-18-21(6-5-19(25)24(18)27-16)29-11-9-28(10-12-29)15-22(30)17-3-7-23-20(14-17)26-8-13-31-23/h2-7,14,26H,8-13,15H2,1H3. The Morgan fingerprint density at radius 2 is 1.97 bits per heavy atom. The van der Waals surface area contributed by atoms with Gasteiger partial charge in [0.25, 0.3) is 0 Å². The highest BCUT2D eigenvalue weighted by molar-refractivity contribution is 6.35. The Morgan fingerprint density at radius 3 is 2.81 bits per heavy atom. The van der Waals surface area contributed by atoms with Crippen molar-refractivity contribution in [3.63, 3.8) is 0 Å². The molecular weight excluding hydrogens is 412 g/mol. The predicted octanol–water partition coefficient (Wildman–Crippen LogP) is 4.01. The Labute approximate surface area is 186 Å². The summed E-state index contributed by atoms with van der Waals surface area (Å²) in [6.07, 6.45) is 0. The maximum absolute atomic E-state index is 12.8. The molecule has 0 bridgehead atoms. The maximum atomic E-state index is 12.8. The second-order valence-corrected chi connectivity index (χ2v) is 8.50. The summed E-state index contributed by atoms with van der Waals surface area (Å²) < 4.78 is 5.60. The van der Waals surface area contributed by atoms with Crippen LogP contribution in [0.15, 0.2) is 42.5 Å². The summed E-state index contributed by atoms with van der Waals surface area (Å²) in [5, 5.41) is 5.05. The van der Waals surface area contributed by atoms with E-state index >= 15 is 0 Å². The zero-order chi connectivity index (χ0) is 21.4. The van der Waals surface area contributed by atoms with Crippen LogP contribution in [0.3, 0.4) is 0 Å². The second kappa shape index (κ2) is 8.36. The summed E-state index contributed by atoms with van der Waals surface area (Å²) in [6, 6.07) is 13.8. The molecule has 7 heteroatoms. The maximum Gasteiger partial charge on any atom is 0.176 e. The number of nitrogens with one attached hydrogen (secondary N) is 1. The van der Waals surface area contributed by atoms with Crippen molar-refractivity contribution in [1.82, 2.24) is 9.88 Å². The highest BCUT2D eigenvalue weighted by Crippen LogP contribution is 2.32. The molecular formula is C24H25ClN4O2. The molecule has 160 valence electrons. The SMILES string of the molecule is Cc1ccc2c(N3CCN(CC(=O)c4ccc5c(c4)NCCO5)CC3)ccc(Cl)c2n1. The van der Waals surface area contributed by atoms with Gasteiger partial charge in [-0.25, -0.2) is 0 Å². The number of carbonyl (C=O) groups excluding carboxylic acids is 1. The number of aromatic nitrogens is 1.